The lowest BCUT2D eigenvalue weighted by atomic mass is 10.0. The van der Waals surface area contributed by atoms with Gasteiger partial charge in [-0.2, -0.15) is 0 Å². The van der Waals surface area contributed by atoms with Crippen molar-refractivity contribution in [2.24, 2.45) is 5.73 Å². The molecule has 1 aliphatic rings. The first-order valence-electron chi connectivity index (χ1n) is 4.83. The SMILES string of the molecule is NCCn1c2c([nH]c1=O)CCCC2. The van der Waals surface area contributed by atoms with E-state index in [4.69, 9.17) is 5.73 Å². The summed E-state index contributed by atoms with van der Waals surface area (Å²) in [6.07, 6.45) is 4.42. The second kappa shape index (κ2) is 3.38. The van der Waals surface area contributed by atoms with Gasteiger partial charge in [0.1, 0.15) is 0 Å². The second-order valence-corrected chi connectivity index (χ2v) is 3.50. The maximum Gasteiger partial charge on any atom is 0.325 e. The van der Waals surface area contributed by atoms with Crippen molar-refractivity contribution in [3.05, 3.63) is 21.9 Å². The normalized spacial score (nSPS) is 15.8. The molecule has 0 atom stereocenters. The molecule has 0 unspecified atom stereocenters. The molecule has 0 bridgehead atoms. The van der Waals surface area contributed by atoms with Gasteiger partial charge in [0.25, 0.3) is 0 Å². The predicted molar refractivity (Wildman–Crippen MR) is 50.7 cm³/mol. The number of aromatic nitrogens is 2. The Kier molecular flexibility index (Phi) is 2.22. The third-order valence-electron chi connectivity index (χ3n) is 2.62. The van der Waals surface area contributed by atoms with Gasteiger partial charge in [0, 0.05) is 24.5 Å². The van der Waals surface area contributed by atoms with Crippen molar-refractivity contribution in [3.63, 3.8) is 0 Å². The molecule has 0 saturated carbocycles. The third kappa shape index (κ3) is 1.42. The fraction of sp³-hybridized carbons (Fsp3) is 0.667. The van der Waals surface area contributed by atoms with Crippen LogP contribution in [0.15, 0.2) is 4.79 Å². The van der Waals surface area contributed by atoms with E-state index in [0.717, 1.165) is 18.5 Å². The van der Waals surface area contributed by atoms with Gasteiger partial charge in [0.15, 0.2) is 0 Å². The smallest absolute Gasteiger partial charge is 0.325 e. The average Bonchev–Trinajstić information content (AvgIpc) is 2.44. The van der Waals surface area contributed by atoms with Crippen LogP contribution in [0.4, 0.5) is 0 Å². The van der Waals surface area contributed by atoms with Crippen LogP contribution < -0.4 is 11.4 Å². The minimum Gasteiger partial charge on any atom is -0.329 e. The lowest BCUT2D eigenvalue weighted by molar-refractivity contribution is 0.600. The van der Waals surface area contributed by atoms with Gasteiger partial charge in [-0.05, 0) is 25.7 Å². The van der Waals surface area contributed by atoms with Crippen molar-refractivity contribution in [1.82, 2.24) is 9.55 Å². The van der Waals surface area contributed by atoms with Crippen LogP contribution in [0.1, 0.15) is 24.2 Å². The molecule has 3 N–H and O–H groups in total. The van der Waals surface area contributed by atoms with E-state index in [0.29, 0.717) is 13.1 Å². The van der Waals surface area contributed by atoms with Gasteiger partial charge < -0.3 is 10.7 Å². The highest BCUT2D eigenvalue weighted by atomic mass is 16.1. The largest absolute Gasteiger partial charge is 0.329 e. The summed E-state index contributed by atoms with van der Waals surface area (Å²) in [7, 11) is 0. The first-order chi connectivity index (χ1) is 6.33. The molecule has 0 spiro atoms. The molecule has 0 aliphatic heterocycles. The van der Waals surface area contributed by atoms with E-state index in [1.165, 1.54) is 18.5 Å². The molecule has 0 saturated heterocycles. The average molecular weight is 181 g/mol. The van der Waals surface area contributed by atoms with E-state index in [1.54, 1.807) is 4.57 Å². The monoisotopic (exact) mass is 181 g/mol. The molecule has 1 aliphatic carbocycles. The Hall–Kier alpha value is -1.03. The van der Waals surface area contributed by atoms with Gasteiger partial charge in [0.05, 0.1) is 0 Å². The van der Waals surface area contributed by atoms with Gasteiger partial charge >= 0.3 is 5.69 Å². The third-order valence-corrected chi connectivity index (χ3v) is 2.62. The molecular formula is C9H15N3O. The first kappa shape index (κ1) is 8.56. The van der Waals surface area contributed by atoms with Crippen molar-refractivity contribution < 1.29 is 0 Å². The lowest BCUT2D eigenvalue weighted by Gasteiger charge is -2.12. The van der Waals surface area contributed by atoms with Crippen molar-refractivity contribution in [2.75, 3.05) is 6.54 Å². The zero-order valence-corrected chi connectivity index (χ0v) is 7.68. The van der Waals surface area contributed by atoms with Crippen LogP contribution in [0.5, 0.6) is 0 Å². The Bertz CT molecular complexity index is 350. The standard InChI is InChI=1S/C9H15N3O/c10-5-6-12-8-4-2-1-3-7(8)11-9(12)13/h1-6,10H2,(H,11,13). The van der Waals surface area contributed by atoms with Crippen molar-refractivity contribution >= 4 is 0 Å². The van der Waals surface area contributed by atoms with Gasteiger partial charge in [-0.1, -0.05) is 0 Å². The Labute approximate surface area is 76.8 Å². The molecule has 2 rings (SSSR count). The number of hydrogen-bond acceptors (Lipinski definition) is 2. The van der Waals surface area contributed by atoms with Crippen LogP contribution in [-0.2, 0) is 19.4 Å². The fourth-order valence-electron chi connectivity index (χ4n) is 2.01. The Balaban J connectivity index is 2.42. The minimum absolute atomic E-state index is 0.0114. The van der Waals surface area contributed by atoms with Crippen LogP contribution in [-0.4, -0.2) is 16.1 Å². The molecule has 13 heavy (non-hydrogen) atoms. The van der Waals surface area contributed by atoms with Crippen LogP contribution in [0.25, 0.3) is 0 Å². The zero-order valence-electron chi connectivity index (χ0n) is 7.68. The van der Waals surface area contributed by atoms with Gasteiger partial charge in [-0.25, -0.2) is 4.79 Å². The summed E-state index contributed by atoms with van der Waals surface area (Å²) in [5, 5.41) is 0. The molecule has 72 valence electrons. The molecule has 0 aromatic carbocycles. The molecule has 1 aromatic rings. The number of aryl methyl sites for hydroxylation is 1. The Morgan fingerprint density at radius 1 is 1.38 bits per heavy atom. The quantitative estimate of drug-likeness (QED) is 0.675. The molecular weight excluding hydrogens is 166 g/mol. The lowest BCUT2D eigenvalue weighted by Crippen LogP contribution is -2.23. The Morgan fingerprint density at radius 3 is 2.92 bits per heavy atom. The summed E-state index contributed by atoms with van der Waals surface area (Å²) >= 11 is 0. The van der Waals surface area contributed by atoms with Gasteiger partial charge in [0.2, 0.25) is 0 Å². The van der Waals surface area contributed by atoms with E-state index >= 15 is 0 Å². The molecule has 0 radical (unpaired) electrons. The maximum atomic E-state index is 11.4. The molecule has 1 aromatic heterocycles. The van der Waals surface area contributed by atoms with Gasteiger partial charge in [-0.3, -0.25) is 4.57 Å². The highest BCUT2D eigenvalue weighted by molar-refractivity contribution is 5.16. The summed E-state index contributed by atoms with van der Waals surface area (Å²) in [6, 6.07) is 0. The van der Waals surface area contributed by atoms with E-state index in [-0.39, 0.29) is 5.69 Å². The van der Waals surface area contributed by atoms with E-state index in [2.05, 4.69) is 4.98 Å². The van der Waals surface area contributed by atoms with Crippen LogP contribution in [0.3, 0.4) is 0 Å². The highest BCUT2D eigenvalue weighted by Gasteiger charge is 2.16. The molecule has 4 nitrogen and oxygen atoms in total. The topological polar surface area (TPSA) is 63.8 Å². The number of H-pyrrole nitrogens is 1. The second-order valence-electron chi connectivity index (χ2n) is 3.50. The summed E-state index contributed by atoms with van der Waals surface area (Å²) in [4.78, 5) is 14.3. The summed E-state index contributed by atoms with van der Waals surface area (Å²) < 4.78 is 1.79. The number of nitrogens with one attached hydrogen (secondary N) is 1. The Morgan fingerprint density at radius 2 is 2.15 bits per heavy atom. The van der Waals surface area contributed by atoms with E-state index in [1.807, 2.05) is 0 Å². The number of fused-ring (bicyclic) bond motifs is 1. The van der Waals surface area contributed by atoms with E-state index < -0.39 is 0 Å². The molecule has 0 fully saturated rings. The number of nitrogens with zero attached hydrogens (tertiary/aromatic N) is 1. The number of imidazole rings is 1. The van der Waals surface area contributed by atoms with Crippen LogP contribution in [0, 0.1) is 0 Å². The maximum absolute atomic E-state index is 11.4. The minimum atomic E-state index is 0.0114. The number of rotatable bonds is 2. The first-order valence-corrected chi connectivity index (χ1v) is 4.83. The predicted octanol–water partition coefficient (Wildman–Crippen LogP) is 0.0139. The fourth-order valence-corrected chi connectivity index (χ4v) is 2.01. The summed E-state index contributed by atoms with van der Waals surface area (Å²) in [5.74, 6) is 0. The van der Waals surface area contributed by atoms with Crippen molar-refractivity contribution in [1.29, 1.82) is 0 Å². The number of hydrogen-bond donors (Lipinski definition) is 2. The van der Waals surface area contributed by atoms with Crippen molar-refractivity contribution in [3.8, 4) is 0 Å². The zero-order chi connectivity index (χ0) is 9.26. The molecule has 0 amide bonds. The van der Waals surface area contributed by atoms with E-state index in [9.17, 15) is 4.79 Å². The van der Waals surface area contributed by atoms with Crippen LogP contribution >= 0.6 is 0 Å². The highest BCUT2D eigenvalue weighted by Crippen LogP contribution is 2.17. The van der Waals surface area contributed by atoms with Gasteiger partial charge in [-0.15, -0.1) is 0 Å². The molecule has 1 heterocycles. The summed E-state index contributed by atoms with van der Waals surface area (Å²) in [5.41, 5.74) is 7.77. The molecule has 4 heteroatoms. The number of aromatic amines is 1. The van der Waals surface area contributed by atoms with Crippen LogP contribution in [0.2, 0.25) is 0 Å². The summed E-state index contributed by atoms with van der Waals surface area (Å²) in [6.45, 7) is 1.18. The number of nitrogens with two attached hydrogens (primary N) is 1. The van der Waals surface area contributed by atoms with Crippen molar-refractivity contribution in [2.45, 2.75) is 32.2 Å².